The maximum Gasteiger partial charge on any atom is 0.255 e. The van der Waals surface area contributed by atoms with Crippen LogP contribution in [0.25, 0.3) is 11.1 Å². The van der Waals surface area contributed by atoms with Crippen molar-refractivity contribution in [1.82, 2.24) is 4.98 Å². The standard InChI is InChI=1S/C18H18N2O2/c1-18(2,3)13-6-4-5-7-14(13)20-17(21)12-8-9-16-15(10-12)19-11-22-16/h4-11H,1-3H3,(H,20,21). The zero-order valence-electron chi connectivity index (χ0n) is 12.9. The zero-order chi connectivity index (χ0) is 15.7. The van der Waals surface area contributed by atoms with E-state index in [0.29, 0.717) is 16.7 Å². The Bertz CT molecular complexity index is 828. The number of hydrogen-bond donors (Lipinski definition) is 1. The Morgan fingerprint density at radius 1 is 1.14 bits per heavy atom. The van der Waals surface area contributed by atoms with Crippen LogP contribution in [0.1, 0.15) is 36.7 Å². The lowest BCUT2D eigenvalue weighted by Crippen LogP contribution is -2.18. The minimum Gasteiger partial charge on any atom is -0.443 e. The van der Waals surface area contributed by atoms with Gasteiger partial charge in [0.2, 0.25) is 0 Å². The molecule has 0 bridgehead atoms. The van der Waals surface area contributed by atoms with Gasteiger partial charge in [-0.15, -0.1) is 0 Å². The predicted octanol–water partition coefficient (Wildman–Crippen LogP) is 4.38. The molecule has 3 aromatic rings. The third-order valence-electron chi connectivity index (χ3n) is 3.58. The number of fused-ring (bicyclic) bond motifs is 1. The Morgan fingerprint density at radius 3 is 2.68 bits per heavy atom. The van der Waals surface area contributed by atoms with E-state index in [1.54, 1.807) is 18.2 Å². The van der Waals surface area contributed by atoms with E-state index in [0.717, 1.165) is 11.3 Å². The van der Waals surface area contributed by atoms with E-state index in [4.69, 9.17) is 4.42 Å². The van der Waals surface area contributed by atoms with Crippen molar-refractivity contribution in [3.8, 4) is 0 Å². The summed E-state index contributed by atoms with van der Waals surface area (Å²) in [7, 11) is 0. The molecule has 0 unspecified atom stereocenters. The van der Waals surface area contributed by atoms with Crippen molar-refractivity contribution in [1.29, 1.82) is 0 Å². The van der Waals surface area contributed by atoms with Crippen LogP contribution < -0.4 is 5.32 Å². The maximum atomic E-state index is 12.5. The lowest BCUT2D eigenvalue weighted by Gasteiger charge is -2.23. The van der Waals surface area contributed by atoms with E-state index < -0.39 is 0 Å². The van der Waals surface area contributed by atoms with E-state index in [9.17, 15) is 4.79 Å². The topological polar surface area (TPSA) is 55.1 Å². The Labute approximate surface area is 129 Å². The fourth-order valence-corrected chi connectivity index (χ4v) is 2.44. The van der Waals surface area contributed by atoms with Gasteiger partial charge in [0.15, 0.2) is 12.0 Å². The van der Waals surface area contributed by atoms with Crippen LogP contribution in [0.3, 0.4) is 0 Å². The molecule has 0 spiro atoms. The van der Waals surface area contributed by atoms with Gasteiger partial charge in [-0.3, -0.25) is 4.79 Å². The highest BCUT2D eigenvalue weighted by Crippen LogP contribution is 2.29. The largest absolute Gasteiger partial charge is 0.443 e. The number of para-hydroxylation sites is 1. The second kappa shape index (κ2) is 5.30. The first-order valence-corrected chi connectivity index (χ1v) is 7.19. The molecule has 0 aliphatic carbocycles. The molecule has 1 heterocycles. The Kier molecular flexibility index (Phi) is 3.45. The summed E-state index contributed by atoms with van der Waals surface area (Å²) in [6.45, 7) is 6.37. The van der Waals surface area contributed by atoms with Gasteiger partial charge < -0.3 is 9.73 Å². The summed E-state index contributed by atoms with van der Waals surface area (Å²) in [6, 6.07) is 13.1. The van der Waals surface area contributed by atoms with Crippen molar-refractivity contribution >= 4 is 22.7 Å². The lowest BCUT2D eigenvalue weighted by atomic mass is 9.86. The molecular weight excluding hydrogens is 276 g/mol. The van der Waals surface area contributed by atoms with Gasteiger partial charge in [-0.25, -0.2) is 4.98 Å². The first kappa shape index (κ1) is 14.3. The number of oxazole rings is 1. The van der Waals surface area contributed by atoms with Gasteiger partial charge in [0.1, 0.15) is 5.52 Å². The minimum absolute atomic E-state index is 0.0417. The highest BCUT2D eigenvalue weighted by atomic mass is 16.3. The summed E-state index contributed by atoms with van der Waals surface area (Å²) >= 11 is 0. The Balaban J connectivity index is 1.91. The third kappa shape index (κ3) is 2.72. The van der Waals surface area contributed by atoms with Crippen LogP contribution in [0.5, 0.6) is 0 Å². The molecule has 1 N–H and O–H groups in total. The molecule has 2 aromatic carbocycles. The molecule has 3 rings (SSSR count). The molecule has 0 radical (unpaired) electrons. The van der Waals surface area contributed by atoms with Gasteiger partial charge in [0.25, 0.3) is 5.91 Å². The van der Waals surface area contributed by atoms with Crippen molar-refractivity contribution in [2.45, 2.75) is 26.2 Å². The van der Waals surface area contributed by atoms with Gasteiger partial charge in [-0.1, -0.05) is 39.0 Å². The molecule has 0 fully saturated rings. The molecule has 112 valence electrons. The average molecular weight is 294 g/mol. The van der Waals surface area contributed by atoms with Crippen molar-refractivity contribution in [2.75, 3.05) is 5.32 Å². The molecule has 0 saturated heterocycles. The van der Waals surface area contributed by atoms with Crippen LogP contribution in [-0.4, -0.2) is 10.9 Å². The highest BCUT2D eigenvalue weighted by Gasteiger charge is 2.19. The molecule has 4 heteroatoms. The fourth-order valence-electron chi connectivity index (χ4n) is 2.44. The molecule has 0 aliphatic rings. The maximum absolute atomic E-state index is 12.5. The summed E-state index contributed by atoms with van der Waals surface area (Å²) in [6.07, 6.45) is 1.38. The number of anilines is 1. The van der Waals surface area contributed by atoms with Crippen LogP contribution in [0.4, 0.5) is 5.69 Å². The lowest BCUT2D eigenvalue weighted by molar-refractivity contribution is 0.102. The first-order valence-electron chi connectivity index (χ1n) is 7.19. The summed E-state index contributed by atoms with van der Waals surface area (Å²) < 4.78 is 5.19. The van der Waals surface area contributed by atoms with Gasteiger partial charge in [-0.05, 0) is 35.2 Å². The Hall–Kier alpha value is -2.62. The smallest absolute Gasteiger partial charge is 0.255 e. The summed E-state index contributed by atoms with van der Waals surface area (Å²) in [5, 5.41) is 2.99. The molecule has 1 aromatic heterocycles. The summed E-state index contributed by atoms with van der Waals surface area (Å²) in [5.41, 5.74) is 3.81. The molecule has 4 nitrogen and oxygen atoms in total. The number of hydrogen-bond acceptors (Lipinski definition) is 3. The highest BCUT2D eigenvalue weighted by molar-refractivity contribution is 6.06. The normalized spacial score (nSPS) is 11.6. The number of nitrogens with one attached hydrogen (secondary N) is 1. The third-order valence-corrected chi connectivity index (χ3v) is 3.58. The predicted molar refractivity (Wildman–Crippen MR) is 87.1 cm³/mol. The molecule has 1 amide bonds. The van der Waals surface area contributed by atoms with E-state index in [1.165, 1.54) is 6.39 Å². The fraction of sp³-hybridized carbons (Fsp3) is 0.222. The monoisotopic (exact) mass is 294 g/mol. The van der Waals surface area contributed by atoms with Gasteiger partial charge in [0, 0.05) is 11.3 Å². The summed E-state index contributed by atoms with van der Waals surface area (Å²) in [5.74, 6) is -0.151. The average Bonchev–Trinajstić information content (AvgIpc) is 2.94. The van der Waals surface area contributed by atoms with E-state index >= 15 is 0 Å². The SMILES string of the molecule is CC(C)(C)c1ccccc1NC(=O)c1ccc2ocnc2c1. The zero-order valence-corrected chi connectivity index (χ0v) is 12.9. The quantitative estimate of drug-likeness (QED) is 0.763. The number of nitrogens with zero attached hydrogens (tertiary/aromatic N) is 1. The second-order valence-electron chi connectivity index (χ2n) is 6.28. The number of amides is 1. The van der Waals surface area contributed by atoms with E-state index in [2.05, 4.69) is 31.1 Å². The summed E-state index contributed by atoms with van der Waals surface area (Å²) in [4.78, 5) is 16.6. The number of carbonyl (C=O) groups is 1. The molecular formula is C18H18N2O2. The number of aromatic nitrogens is 1. The minimum atomic E-state index is -0.151. The van der Waals surface area contributed by atoms with Gasteiger partial charge in [0.05, 0.1) is 0 Å². The molecule has 22 heavy (non-hydrogen) atoms. The van der Waals surface area contributed by atoms with E-state index in [-0.39, 0.29) is 11.3 Å². The van der Waals surface area contributed by atoms with Crippen LogP contribution in [-0.2, 0) is 5.41 Å². The van der Waals surface area contributed by atoms with E-state index in [1.807, 2.05) is 24.3 Å². The van der Waals surface area contributed by atoms with Crippen LogP contribution in [0.2, 0.25) is 0 Å². The number of carbonyl (C=O) groups excluding carboxylic acids is 1. The van der Waals surface area contributed by atoms with Crippen molar-refractivity contribution in [3.63, 3.8) is 0 Å². The molecule has 0 aliphatic heterocycles. The molecule has 0 saturated carbocycles. The van der Waals surface area contributed by atoms with Crippen molar-refractivity contribution in [3.05, 3.63) is 60.0 Å². The Morgan fingerprint density at radius 2 is 1.91 bits per heavy atom. The first-order chi connectivity index (χ1) is 10.4. The van der Waals surface area contributed by atoms with Crippen molar-refractivity contribution in [2.24, 2.45) is 0 Å². The number of rotatable bonds is 2. The van der Waals surface area contributed by atoms with Gasteiger partial charge >= 0.3 is 0 Å². The van der Waals surface area contributed by atoms with Crippen LogP contribution in [0, 0.1) is 0 Å². The van der Waals surface area contributed by atoms with Crippen LogP contribution in [0.15, 0.2) is 53.3 Å². The van der Waals surface area contributed by atoms with Crippen molar-refractivity contribution < 1.29 is 9.21 Å². The second-order valence-corrected chi connectivity index (χ2v) is 6.28. The molecule has 0 atom stereocenters. The van der Waals surface area contributed by atoms with Crippen LogP contribution >= 0.6 is 0 Å². The van der Waals surface area contributed by atoms with Gasteiger partial charge in [-0.2, -0.15) is 0 Å². The number of benzene rings is 2.